The number of carbonyl (C=O) groups is 1. The quantitative estimate of drug-likeness (QED) is 0.559. The van der Waals surface area contributed by atoms with Crippen molar-refractivity contribution in [2.45, 2.75) is 51.4 Å². The van der Waals surface area contributed by atoms with Crippen LogP contribution in [0.5, 0.6) is 0 Å². The van der Waals surface area contributed by atoms with Crippen LogP contribution in [0.1, 0.15) is 51.4 Å². The first kappa shape index (κ1) is 16.6. The summed E-state index contributed by atoms with van der Waals surface area (Å²) in [6, 6.07) is 0. The third-order valence-corrected chi connectivity index (χ3v) is 3.77. The van der Waals surface area contributed by atoms with Crippen molar-refractivity contribution < 1.29 is 4.79 Å². The number of hydrogen-bond donors (Lipinski definition) is 2. The SMILES string of the molecule is NCCCCCCCCCC(=O)CN1CCNCC1. The van der Waals surface area contributed by atoms with Crippen LogP contribution in [-0.4, -0.2) is 50.0 Å². The van der Waals surface area contributed by atoms with Gasteiger partial charge in [-0.2, -0.15) is 0 Å². The first-order chi connectivity index (χ1) is 9.33. The lowest BCUT2D eigenvalue weighted by Crippen LogP contribution is -2.45. The molecule has 0 aromatic carbocycles. The van der Waals surface area contributed by atoms with Crippen LogP contribution in [0, 0.1) is 0 Å². The van der Waals surface area contributed by atoms with Crippen LogP contribution < -0.4 is 11.1 Å². The lowest BCUT2D eigenvalue weighted by molar-refractivity contribution is -0.120. The monoisotopic (exact) mass is 269 g/mol. The summed E-state index contributed by atoms with van der Waals surface area (Å²) in [5, 5.41) is 3.31. The third kappa shape index (κ3) is 9.14. The minimum atomic E-state index is 0.421. The van der Waals surface area contributed by atoms with Crippen LogP contribution in [0.2, 0.25) is 0 Å². The third-order valence-electron chi connectivity index (χ3n) is 3.77. The maximum absolute atomic E-state index is 11.8. The van der Waals surface area contributed by atoms with E-state index in [1.165, 1.54) is 32.1 Å². The van der Waals surface area contributed by atoms with Gasteiger partial charge in [0.15, 0.2) is 0 Å². The number of piperazine rings is 1. The molecule has 19 heavy (non-hydrogen) atoms. The number of carbonyl (C=O) groups excluding carboxylic acids is 1. The molecule has 0 atom stereocenters. The molecule has 0 unspecified atom stereocenters. The highest BCUT2D eigenvalue weighted by atomic mass is 16.1. The minimum absolute atomic E-state index is 0.421. The van der Waals surface area contributed by atoms with E-state index in [-0.39, 0.29) is 0 Å². The van der Waals surface area contributed by atoms with Crippen molar-refractivity contribution in [1.29, 1.82) is 0 Å². The number of hydrogen-bond acceptors (Lipinski definition) is 4. The molecule has 0 bridgehead atoms. The van der Waals surface area contributed by atoms with Gasteiger partial charge in [-0.1, -0.05) is 32.1 Å². The molecule has 0 spiro atoms. The summed E-state index contributed by atoms with van der Waals surface area (Å²) < 4.78 is 0. The lowest BCUT2D eigenvalue weighted by atomic mass is 10.1. The average Bonchev–Trinajstić information content (AvgIpc) is 2.43. The molecule has 1 fully saturated rings. The highest BCUT2D eigenvalue weighted by Gasteiger charge is 2.12. The van der Waals surface area contributed by atoms with Crippen molar-refractivity contribution in [2.24, 2.45) is 5.73 Å². The topological polar surface area (TPSA) is 58.4 Å². The van der Waals surface area contributed by atoms with Crippen LogP contribution >= 0.6 is 0 Å². The summed E-state index contributed by atoms with van der Waals surface area (Å²) in [6.07, 6.45) is 9.33. The van der Waals surface area contributed by atoms with E-state index < -0.39 is 0 Å². The van der Waals surface area contributed by atoms with E-state index in [9.17, 15) is 4.79 Å². The van der Waals surface area contributed by atoms with Crippen molar-refractivity contribution in [1.82, 2.24) is 10.2 Å². The Hall–Kier alpha value is -0.450. The fraction of sp³-hybridized carbons (Fsp3) is 0.933. The molecule has 1 aliphatic heterocycles. The smallest absolute Gasteiger partial charge is 0.146 e. The first-order valence-corrected chi connectivity index (χ1v) is 7.98. The molecule has 1 saturated heterocycles. The highest BCUT2D eigenvalue weighted by Crippen LogP contribution is 2.08. The van der Waals surface area contributed by atoms with Crippen LogP contribution in [0.15, 0.2) is 0 Å². The van der Waals surface area contributed by atoms with Gasteiger partial charge in [-0.25, -0.2) is 0 Å². The molecule has 4 heteroatoms. The van der Waals surface area contributed by atoms with Gasteiger partial charge in [0, 0.05) is 32.6 Å². The Morgan fingerprint density at radius 2 is 1.53 bits per heavy atom. The van der Waals surface area contributed by atoms with Crippen molar-refractivity contribution in [3.8, 4) is 0 Å². The summed E-state index contributed by atoms with van der Waals surface area (Å²) >= 11 is 0. The Morgan fingerprint density at radius 3 is 2.16 bits per heavy atom. The molecule has 1 aliphatic rings. The molecule has 0 radical (unpaired) electrons. The van der Waals surface area contributed by atoms with Crippen LogP contribution in [0.25, 0.3) is 0 Å². The number of Topliss-reactive ketones (excluding diaryl/α,β-unsaturated/α-hetero) is 1. The molecule has 1 heterocycles. The van der Waals surface area contributed by atoms with Crippen molar-refractivity contribution in [3.63, 3.8) is 0 Å². The summed E-state index contributed by atoms with van der Waals surface area (Å²) in [7, 11) is 0. The van der Waals surface area contributed by atoms with E-state index in [2.05, 4.69) is 10.2 Å². The maximum atomic E-state index is 11.8. The standard InChI is InChI=1S/C15H31N3O/c16-9-7-5-3-1-2-4-6-8-15(19)14-18-12-10-17-11-13-18/h17H,1-14,16H2. The average molecular weight is 269 g/mol. The number of unbranched alkanes of at least 4 members (excludes halogenated alkanes) is 6. The van der Waals surface area contributed by atoms with Crippen molar-refractivity contribution in [3.05, 3.63) is 0 Å². The fourth-order valence-corrected chi connectivity index (χ4v) is 2.55. The van der Waals surface area contributed by atoms with Gasteiger partial charge in [0.2, 0.25) is 0 Å². The van der Waals surface area contributed by atoms with Gasteiger partial charge in [0.05, 0.1) is 6.54 Å². The molecule has 0 aliphatic carbocycles. The van der Waals surface area contributed by atoms with Gasteiger partial charge in [-0.05, 0) is 19.4 Å². The molecule has 3 N–H and O–H groups in total. The summed E-state index contributed by atoms with van der Waals surface area (Å²) in [5.41, 5.74) is 5.46. The zero-order valence-electron chi connectivity index (χ0n) is 12.3. The van der Waals surface area contributed by atoms with Crippen LogP contribution in [0.3, 0.4) is 0 Å². The predicted molar refractivity (Wildman–Crippen MR) is 80.3 cm³/mol. The second kappa shape index (κ2) is 11.4. The maximum Gasteiger partial charge on any atom is 0.146 e. The zero-order chi connectivity index (χ0) is 13.8. The summed E-state index contributed by atoms with van der Waals surface area (Å²) in [5.74, 6) is 0.421. The number of ketones is 1. The Bertz CT molecular complexity index is 227. The highest BCUT2D eigenvalue weighted by molar-refractivity contribution is 5.80. The van der Waals surface area contributed by atoms with E-state index >= 15 is 0 Å². The molecule has 0 amide bonds. The number of nitrogens with zero attached hydrogens (tertiary/aromatic N) is 1. The fourth-order valence-electron chi connectivity index (χ4n) is 2.55. The van der Waals surface area contributed by atoms with E-state index in [1.807, 2.05) is 0 Å². The number of rotatable bonds is 11. The van der Waals surface area contributed by atoms with E-state index in [4.69, 9.17) is 5.73 Å². The predicted octanol–water partition coefficient (Wildman–Crippen LogP) is 1.54. The van der Waals surface area contributed by atoms with E-state index in [0.717, 1.165) is 52.0 Å². The first-order valence-electron chi connectivity index (χ1n) is 7.98. The van der Waals surface area contributed by atoms with Crippen molar-refractivity contribution >= 4 is 5.78 Å². The molecule has 0 aromatic rings. The molecule has 0 aromatic heterocycles. The Labute approximate surface area is 118 Å². The van der Waals surface area contributed by atoms with Gasteiger partial charge >= 0.3 is 0 Å². The Balaban J connectivity index is 1.87. The van der Waals surface area contributed by atoms with Gasteiger partial charge in [-0.3, -0.25) is 9.69 Å². The molecule has 1 rings (SSSR count). The summed E-state index contributed by atoms with van der Waals surface area (Å²) in [4.78, 5) is 14.1. The molecular weight excluding hydrogens is 238 g/mol. The lowest BCUT2D eigenvalue weighted by Gasteiger charge is -2.26. The summed E-state index contributed by atoms with van der Waals surface area (Å²) in [6.45, 7) is 5.57. The second-order valence-electron chi connectivity index (χ2n) is 5.58. The van der Waals surface area contributed by atoms with Crippen molar-refractivity contribution in [2.75, 3.05) is 39.3 Å². The molecule has 4 nitrogen and oxygen atoms in total. The van der Waals surface area contributed by atoms with Gasteiger partial charge in [-0.15, -0.1) is 0 Å². The van der Waals surface area contributed by atoms with E-state index in [1.54, 1.807) is 0 Å². The molecule has 112 valence electrons. The van der Waals surface area contributed by atoms with Crippen LogP contribution in [-0.2, 0) is 4.79 Å². The Morgan fingerprint density at radius 1 is 0.947 bits per heavy atom. The van der Waals surface area contributed by atoms with Gasteiger partial charge < -0.3 is 11.1 Å². The Kier molecular flexibility index (Phi) is 9.95. The molecule has 0 saturated carbocycles. The normalized spacial score (nSPS) is 16.7. The molecular formula is C15H31N3O. The largest absolute Gasteiger partial charge is 0.330 e. The number of nitrogens with one attached hydrogen (secondary N) is 1. The van der Waals surface area contributed by atoms with Crippen LogP contribution in [0.4, 0.5) is 0 Å². The zero-order valence-corrected chi connectivity index (χ0v) is 12.3. The van der Waals surface area contributed by atoms with Gasteiger partial charge in [0.25, 0.3) is 0 Å². The van der Waals surface area contributed by atoms with Gasteiger partial charge in [0.1, 0.15) is 5.78 Å². The minimum Gasteiger partial charge on any atom is -0.330 e. The van der Waals surface area contributed by atoms with E-state index in [0.29, 0.717) is 12.3 Å². The second-order valence-corrected chi connectivity index (χ2v) is 5.58. The number of nitrogens with two attached hydrogens (primary N) is 1.